The predicted octanol–water partition coefficient (Wildman–Crippen LogP) is 2.59. The number of nitrogens with zero attached hydrogens (tertiary/aromatic N) is 2. The number of hydrogen-bond donors (Lipinski definition) is 2. The lowest BCUT2D eigenvalue weighted by Crippen LogP contribution is -2.12. The topological polar surface area (TPSA) is 63.8 Å². The second kappa shape index (κ2) is 4.32. The first kappa shape index (κ1) is 11.3. The van der Waals surface area contributed by atoms with Gasteiger partial charge in [-0.05, 0) is 19.1 Å². The number of hydrazine groups is 1. The monoisotopic (exact) mass is 258 g/mol. The van der Waals surface area contributed by atoms with Gasteiger partial charge in [-0.2, -0.15) is 0 Å². The highest BCUT2D eigenvalue weighted by Crippen LogP contribution is 2.30. The average Bonchev–Trinajstić information content (AvgIpc) is 2.69. The summed E-state index contributed by atoms with van der Waals surface area (Å²) in [7, 11) is 0. The van der Waals surface area contributed by atoms with Crippen LogP contribution in [0.3, 0.4) is 0 Å². The van der Waals surface area contributed by atoms with Crippen LogP contribution in [0.4, 0.5) is 10.2 Å². The summed E-state index contributed by atoms with van der Waals surface area (Å²) in [5, 5.41) is 0. The van der Waals surface area contributed by atoms with Crippen LogP contribution in [-0.2, 0) is 0 Å². The summed E-state index contributed by atoms with van der Waals surface area (Å²) in [6.07, 6.45) is 0. The van der Waals surface area contributed by atoms with E-state index in [1.165, 1.54) is 11.3 Å². The fraction of sp³-hybridized carbons (Fsp3) is 0.111. The first-order chi connectivity index (χ1) is 7.61. The van der Waals surface area contributed by atoms with Gasteiger partial charge in [-0.25, -0.2) is 20.2 Å². The summed E-state index contributed by atoms with van der Waals surface area (Å²) in [5.74, 6) is 5.01. The molecular formula is C9H8ClFN4S. The molecule has 0 aliphatic heterocycles. The summed E-state index contributed by atoms with van der Waals surface area (Å²) in [6, 6.07) is 3.51. The van der Waals surface area contributed by atoms with Crippen molar-refractivity contribution in [2.24, 2.45) is 5.84 Å². The number of nitrogens with one attached hydrogen (secondary N) is 1. The predicted molar refractivity (Wildman–Crippen MR) is 62.9 cm³/mol. The van der Waals surface area contributed by atoms with Gasteiger partial charge < -0.3 is 5.43 Å². The van der Waals surface area contributed by atoms with E-state index in [-0.39, 0.29) is 11.5 Å². The van der Waals surface area contributed by atoms with E-state index in [1.54, 1.807) is 19.1 Å². The maximum absolute atomic E-state index is 13.4. The zero-order valence-corrected chi connectivity index (χ0v) is 9.86. The van der Waals surface area contributed by atoms with Crippen molar-refractivity contribution in [2.45, 2.75) is 6.92 Å². The minimum Gasteiger partial charge on any atom is -0.306 e. The number of anilines is 1. The Kier molecular flexibility index (Phi) is 3.04. The van der Waals surface area contributed by atoms with Crippen molar-refractivity contribution in [3.8, 4) is 10.7 Å². The Hall–Kier alpha value is -1.24. The average molecular weight is 259 g/mol. The van der Waals surface area contributed by atoms with E-state index in [1.807, 2.05) is 0 Å². The molecule has 2 rings (SSSR count). The first-order valence-electron chi connectivity index (χ1n) is 4.38. The molecular weight excluding hydrogens is 251 g/mol. The molecule has 0 spiro atoms. The summed E-state index contributed by atoms with van der Waals surface area (Å²) in [4.78, 5) is 8.77. The molecule has 0 saturated heterocycles. The smallest absolute Gasteiger partial charge is 0.187 e. The van der Waals surface area contributed by atoms with Crippen LogP contribution in [0.5, 0.6) is 0 Å². The Bertz CT molecular complexity index is 528. The molecule has 0 atom stereocenters. The zero-order chi connectivity index (χ0) is 11.7. The van der Waals surface area contributed by atoms with Crippen LogP contribution in [0.25, 0.3) is 10.7 Å². The van der Waals surface area contributed by atoms with Gasteiger partial charge in [0.25, 0.3) is 0 Å². The molecule has 0 saturated carbocycles. The molecule has 16 heavy (non-hydrogen) atoms. The number of nitrogens with two attached hydrogens (primary N) is 1. The number of hydrogen-bond acceptors (Lipinski definition) is 5. The molecule has 2 aromatic heterocycles. The molecule has 0 aliphatic carbocycles. The molecule has 0 fully saturated rings. The van der Waals surface area contributed by atoms with E-state index in [9.17, 15) is 4.39 Å². The Labute approximate surface area is 100 Å². The first-order valence-corrected chi connectivity index (χ1v) is 5.57. The minimum atomic E-state index is -0.547. The zero-order valence-electron chi connectivity index (χ0n) is 8.29. The molecule has 0 aromatic carbocycles. The maximum atomic E-state index is 13.4. The standard InChI is InChI=1S/C9H8ClFN4S/c1-4-7(11)9(15-12)14-8(13-4)5-2-3-6(10)16-5/h2-3H,12H2,1H3,(H,13,14,15). The van der Waals surface area contributed by atoms with Gasteiger partial charge in [-0.3, -0.25) is 0 Å². The van der Waals surface area contributed by atoms with Gasteiger partial charge in [-0.1, -0.05) is 11.6 Å². The second-order valence-electron chi connectivity index (χ2n) is 3.04. The summed E-state index contributed by atoms with van der Waals surface area (Å²) < 4.78 is 14.0. The van der Waals surface area contributed by atoms with Gasteiger partial charge >= 0.3 is 0 Å². The van der Waals surface area contributed by atoms with Crippen molar-refractivity contribution in [1.82, 2.24) is 9.97 Å². The number of aryl methyl sites for hydroxylation is 1. The highest BCUT2D eigenvalue weighted by Gasteiger charge is 2.12. The lowest BCUT2D eigenvalue weighted by atomic mass is 10.3. The maximum Gasteiger partial charge on any atom is 0.187 e. The molecule has 0 unspecified atom stereocenters. The van der Waals surface area contributed by atoms with E-state index >= 15 is 0 Å². The van der Waals surface area contributed by atoms with Crippen LogP contribution in [0.15, 0.2) is 12.1 Å². The van der Waals surface area contributed by atoms with Gasteiger partial charge in [0, 0.05) is 0 Å². The molecule has 0 amide bonds. The molecule has 3 N–H and O–H groups in total. The Balaban J connectivity index is 2.54. The Morgan fingerprint density at radius 1 is 1.44 bits per heavy atom. The third-order valence-corrected chi connectivity index (χ3v) is 3.17. The van der Waals surface area contributed by atoms with Crippen molar-refractivity contribution in [3.05, 3.63) is 28.0 Å². The number of rotatable bonds is 2. The lowest BCUT2D eigenvalue weighted by Gasteiger charge is -2.05. The van der Waals surface area contributed by atoms with Crippen molar-refractivity contribution in [3.63, 3.8) is 0 Å². The van der Waals surface area contributed by atoms with E-state index in [0.717, 1.165) is 4.88 Å². The molecule has 2 heterocycles. The fourth-order valence-electron chi connectivity index (χ4n) is 1.20. The minimum absolute atomic E-state index is 0.0213. The Morgan fingerprint density at radius 2 is 2.19 bits per heavy atom. The highest BCUT2D eigenvalue weighted by molar-refractivity contribution is 7.19. The molecule has 0 aliphatic rings. The third kappa shape index (κ3) is 1.99. The van der Waals surface area contributed by atoms with Crippen LogP contribution in [-0.4, -0.2) is 9.97 Å². The molecule has 2 aromatic rings. The quantitative estimate of drug-likeness (QED) is 0.642. The molecule has 0 bridgehead atoms. The van der Waals surface area contributed by atoms with E-state index in [4.69, 9.17) is 17.4 Å². The van der Waals surface area contributed by atoms with Crippen LogP contribution in [0.1, 0.15) is 5.69 Å². The molecule has 0 radical (unpaired) electrons. The summed E-state index contributed by atoms with van der Waals surface area (Å²) in [5.41, 5.74) is 2.44. The van der Waals surface area contributed by atoms with Gasteiger partial charge in [0.2, 0.25) is 0 Å². The van der Waals surface area contributed by atoms with Gasteiger partial charge in [0.1, 0.15) is 0 Å². The van der Waals surface area contributed by atoms with Crippen LogP contribution in [0, 0.1) is 12.7 Å². The van der Waals surface area contributed by atoms with Crippen molar-refractivity contribution < 1.29 is 4.39 Å². The van der Waals surface area contributed by atoms with E-state index in [2.05, 4.69) is 15.4 Å². The van der Waals surface area contributed by atoms with E-state index < -0.39 is 5.82 Å². The van der Waals surface area contributed by atoms with Crippen molar-refractivity contribution >= 4 is 28.8 Å². The third-order valence-electron chi connectivity index (χ3n) is 1.95. The Morgan fingerprint density at radius 3 is 2.75 bits per heavy atom. The SMILES string of the molecule is Cc1nc(-c2ccc(Cl)s2)nc(NN)c1F. The highest BCUT2D eigenvalue weighted by atomic mass is 35.5. The number of thiophene rings is 1. The van der Waals surface area contributed by atoms with Crippen LogP contribution in [0.2, 0.25) is 4.34 Å². The van der Waals surface area contributed by atoms with E-state index in [0.29, 0.717) is 10.2 Å². The lowest BCUT2D eigenvalue weighted by molar-refractivity contribution is 0.606. The second-order valence-corrected chi connectivity index (χ2v) is 4.76. The largest absolute Gasteiger partial charge is 0.306 e. The summed E-state index contributed by atoms with van der Waals surface area (Å²) >= 11 is 7.13. The number of aromatic nitrogens is 2. The summed E-state index contributed by atoms with van der Waals surface area (Å²) in [6.45, 7) is 1.55. The molecule has 84 valence electrons. The van der Waals surface area contributed by atoms with Crippen molar-refractivity contribution in [2.75, 3.05) is 5.43 Å². The molecule has 4 nitrogen and oxygen atoms in total. The molecule has 7 heteroatoms. The van der Waals surface area contributed by atoms with Gasteiger partial charge in [0.15, 0.2) is 17.5 Å². The fourth-order valence-corrected chi connectivity index (χ4v) is 2.18. The van der Waals surface area contributed by atoms with Gasteiger partial charge in [-0.15, -0.1) is 11.3 Å². The van der Waals surface area contributed by atoms with Crippen molar-refractivity contribution in [1.29, 1.82) is 0 Å². The van der Waals surface area contributed by atoms with Crippen LogP contribution >= 0.6 is 22.9 Å². The van der Waals surface area contributed by atoms with Gasteiger partial charge in [0.05, 0.1) is 14.9 Å². The normalized spacial score (nSPS) is 10.5. The number of halogens is 2. The number of nitrogen functional groups attached to an aromatic ring is 1. The van der Waals surface area contributed by atoms with Crippen LogP contribution < -0.4 is 11.3 Å².